The maximum Gasteiger partial charge on any atom is 0.236 e. The number of hydrogen-bond donors (Lipinski definition) is 0. The van der Waals surface area contributed by atoms with Crippen LogP contribution in [0.5, 0.6) is 0 Å². The highest BCUT2D eigenvalue weighted by molar-refractivity contribution is 5.78. The second-order valence-corrected chi connectivity index (χ2v) is 6.97. The first-order valence-corrected chi connectivity index (χ1v) is 9.18. The molecule has 0 bridgehead atoms. The topological polar surface area (TPSA) is 26.8 Å². The van der Waals surface area contributed by atoms with E-state index in [1.165, 1.54) is 25.0 Å². The minimum atomic E-state index is -0.185. The SMILES string of the molecule is O=C(CN1CCN(Cc2ccc(F)cc2)CC1)N1CCCCCC1. The maximum absolute atomic E-state index is 13.0. The second-order valence-electron chi connectivity index (χ2n) is 6.97. The van der Waals surface area contributed by atoms with Crippen LogP contribution < -0.4 is 0 Å². The van der Waals surface area contributed by atoms with E-state index in [4.69, 9.17) is 0 Å². The van der Waals surface area contributed by atoms with Crippen LogP contribution >= 0.6 is 0 Å². The van der Waals surface area contributed by atoms with Gasteiger partial charge in [-0.1, -0.05) is 25.0 Å². The first kappa shape index (κ1) is 17.4. The third-order valence-electron chi connectivity index (χ3n) is 5.10. The molecule has 2 aliphatic rings. The zero-order chi connectivity index (χ0) is 16.8. The molecule has 1 aromatic carbocycles. The van der Waals surface area contributed by atoms with Crippen molar-refractivity contribution in [1.29, 1.82) is 0 Å². The van der Waals surface area contributed by atoms with Crippen molar-refractivity contribution in [3.8, 4) is 0 Å². The monoisotopic (exact) mass is 333 g/mol. The molecule has 0 spiro atoms. The minimum Gasteiger partial charge on any atom is -0.342 e. The van der Waals surface area contributed by atoms with Crippen molar-refractivity contribution < 1.29 is 9.18 Å². The van der Waals surface area contributed by atoms with Crippen molar-refractivity contribution >= 4 is 5.91 Å². The number of rotatable bonds is 4. The van der Waals surface area contributed by atoms with Crippen LogP contribution in [0, 0.1) is 5.82 Å². The van der Waals surface area contributed by atoms with E-state index in [1.807, 2.05) is 12.1 Å². The molecule has 2 fully saturated rings. The van der Waals surface area contributed by atoms with Gasteiger partial charge in [0.15, 0.2) is 0 Å². The largest absolute Gasteiger partial charge is 0.342 e. The standard InChI is InChI=1S/C19H28FN3O/c20-18-7-5-17(6-8-18)15-21-11-13-22(14-12-21)16-19(24)23-9-3-1-2-4-10-23/h5-8H,1-4,9-16H2. The predicted octanol–water partition coefficient (Wildman–Crippen LogP) is 2.35. The average molecular weight is 333 g/mol. The molecule has 1 amide bonds. The predicted molar refractivity (Wildman–Crippen MR) is 93.2 cm³/mol. The molecule has 2 heterocycles. The molecule has 4 nitrogen and oxygen atoms in total. The summed E-state index contributed by atoms with van der Waals surface area (Å²) in [7, 11) is 0. The number of halogens is 1. The number of hydrogen-bond acceptors (Lipinski definition) is 3. The molecule has 0 N–H and O–H groups in total. The highest BCUT2D eigenvalue weighted by Crippen LogP contribution is 2.12. The van der Waals surface area contributed by atoms with Crippen molar-refractivity contribution in [2.75, 3.05) is 45.8 Å². The summed E-state index contributed by atoms with van der Waals surface area (Å²) in [5.74, 6) is 0.111. The molecule has 5 heteroatoms. The van der Waals surface area contributed by atoms with Crippen LogP contribution in [0.1, 0.15) is 31.2 Å². The Hall–Kier alpha value is -1.46. The second kappa shape index (κ2) is 8.58. The lowest BCUT2D eigenvalue weighted by Crippen LogP contribution is -2.49. The van der Waals surface area contributed by atoms with E-state index in [1.54, 1.807) is 0 Å². The van der Waals surface area contributed by atoms with Gasteiger partial charge in [-0.15, -0.1) is 0 Å². The number of carbonyl (C=O) groups excluding carboxylic acids is 1. The van der Waals surface area contributed by atoms with Gasteiger partial charge in [-0.3, -0.25) is 14.6 Å². The van der Waals surface area contributed by atoms with E-state index in [0.29, 0.717) is 12.5 Å². The normalized spacial score (nSPS) is 20.8. The lowest BCUT2D eigenvalue weighted by atomic mass is 10.2. The molecule has 2 aliphatic heterocycles. The van der Waals surface area contributed by atoms with E-state index >= 15 is 0 Å². The average Bonchev–Trinajstić information content (AvgIpc) is 2.88. The highest BCUT2D eigenvalue weighted by atomic mass is 19.1. The summed E-state index contributed by atoms with van der Waals surface area (Å²) in [6.45, 7) is 7.07. The van der Waals surface area contributed by atoms with Gasteiger partial charge in [-0.05, 0) is 30.5 Å². The Bertz CT molecular complexity index is 518. The van der Waals surface area contributed by atoms with Gasteiger partial charge < -0.3 is 4.90 Å². The van der Waals surface area contributed by atoms with Crippen molar-refractivity contribution in [3.63, 3.8) is 0 Å². The molecule has 3 rings (SSSR count). The van der Waals surface area contributed by atoms with Crippen molar-refractivity contribution in [2.45, 2.75) is 32.2 Å². The summed E-state index contributed by atoms with van der Waals surface area (Å²) in [6.07, 6.45) is 4.81. The van der Waals surface area contributed by atoms with Crippen molar-refractivity contribution in [3.05, 3.63) is 35.6 Å². The van der Waals surface area contributed by atoms with Crippen LogP contribution in [-0.4, -0.2) is 66.4 Å². The van der Waals surface area contributed by atoms with Gasteiger partial charge in [0.1, 0.15) is 5.82 Å². The van der Waals surface area contributed by atoms with Gasteiger partial charge in [-0.2, -0.15) is 0 Å². The summed E-state index contributed by atoms with van der Waals surface area (Å²) in [6, 6.07) is 6.74. The lowest BCUT2D eigenvalue weighted by molar-refractivity contribution is -0.132. The fourth-order valence-corrected chi connectivity index (χ4v) is 3.56. The zero-order valence-electron chi connectivity index (χ0n) is 14.4. The van der Waals surface area contributed by atoms with E-state index < -0.39 is 0 Å². The minimum absolute atomic E-state index is 0.185. The first-order valence-electron chi connectivity index (χ1n) is 9.18. The smallest absolute Gasteiger partial charge is 0.236 e. The molecule has 0 saturated carbocycles. The molecule has 24 heavy (non-hydrogen) atoms. The van der Waals surface area contributed by atoms with Gasteiger partial charge in [-0.25, -0.2) is 4.39 Å². The van der Waals surface area contributed by atoms with E-state index in [0.717, 1.165) is 64.2 Å². The Morgan fingerprint density at radius 3 is 2.04 bits per heavy atom. The quantitative estimate of drug-likeness (QED) is 0.846. The fraction of sp³-hybridized carbons (Fsp3) is 0.632. The van der Waals surface area contributed by atoms with E-state index in [9.17, 15) is 9.18 Å². The Kier molecular flexibility index (Phi) is 6.21. The molecule has 1 aromatic rings. The molecule has 0 unspecified atom stereocenters. The van der Waals surface area contributed by atoms with Crippen LogP contribution in [0.15, 0.2) is 24.3 Å². The number of carbonyl (C=O) groups is 1. The van der Waals surface area contributed by atoms with Crippen molar-refractivity contribution in [2.24, 2.45) is 0 Å². The van der Waals surface area contributed by atoms with Crippen LogP contribution in [0.2, 0.25) is 0 Å². The van der Waals surface area contributed by atoms with Gasteiger partial charge in [0.05, 0.1) is 6.54 Å². The molecule has 0 aliphatic carbocycles. The third kappa shape index (κ3) is 5.02. The number of amides is 1. The molecular weight excluding hydrogens is 305 g/mol. The summed E-state index contributed by atoms with van der Waals surface area (Å²) in [4.78, 5) is 19.2. The summed E-state index contributed by atoms with van der Waals surface area (Å²) >= 11 is 0. The van der Waals surface area contributed by atoms with Crippen molar-refractivity contribution in [1.82, 2.24) is 14.7 Å². The molecule has 0 radical (unpaired) electrons. The number of piperazine rings is 1. The van der Waals surface area contributed by atoms with E-state index in [-0.39, 0.29) is 5.82 Å². The van der Waals surface area contributed by atoms with Crippen LogP contribution in [0.25, 0.3) is 0 Å². The Labute approximate surface area is 144 Å². The van der Waals surface area contributed by atoms with Gasteiger partial charge in [0.25, 0.3) is 0 Å². The summed E-state index contributed by atoms with van der Waals surface area (Å²) in [5, 5.41) is 0. The molecule has 0 atom stereocenters. The highest BCUT2D eigenvalue weighted by Gasteiger charge is 2.22. The number of nitrogens with zero attached hydrogens (tertiary/aromatic N) is 3. The van der Waals surface area contributed by atoms with Crippen LogP contribution in [0.4, 0.5) is 4.39 Å². The van der Waals surface area contributed by atoms with E-state index in [2.05, 4.69) is 14.7 Å². The van der Waals surface area contributed by atoms with Gasteiger partial charge in [0, 0.05) is 45.8 Å². The molecular formula is C19H28FN3O. The Morgan fingerprint density at radius 2 is 1.42 bits per heavy atom. The maximum atomic E-state index is 13.0. The Morgan fingerprint density at radius 1 is 0.833 bits per heavy atom. The zero-order valence-corrected chi connectivity index (χ0v) is 14.4. The number of likely N-dealkylation sites (tertiary alicyclic amines) is 1. The first-order chi connectivity index (χ1) is 11.7. The molecule has 132 valence electrons. The Balaban J connectivity index is 1.41. The lowest BCUT2D eigenvalue weighted by Gasteiger charge is -2.35. The summed E-state index contributed by atoms with van der Waals surface area (Å²) < 4.78 is 13.0. The van der Waals surface area contributed by atoms with Gasteiger partial charge >= 0.3 is 0 Å². The fourth-order valence-electron chi connectivity index (χ4n) is 3.56. The van der Waals surface area contributed by atoms with Crippen LogP contribution in [-0.2, 0) is 11.3 Å². The molecule has 0 aromatic heterocycles. The third-order valence-corrected chi connectivity index (χ3v) is 5.10. The van der Waals surface area contributed by atoms with Gasteiger partial charge in [0.2, 0.25) is 5.91 Å². The number of benzene rings is 1. The molecule has 2 saturated heterocycles. The summed E-state index contributed by atoms with van der Waals surface area (Å²) in [5.41, 5.74) is 1.14. The van der Waals surface area contributed by atoms with Crippen LogP contribution in [0.3, 0.4) is 0 Å².